The lowest BCUT2D eigenvalue weighted by Gasteiger charge is -2.22. The predicted octanol–water partition coefficient (Wildman–Crippen LogP) is 2.73. The van der Waals surface area contributed by atoms with Crippen LogP contribution in [-0.4, -0.2) is 49.1 Å². The average Bonchev–Trinajstić information content (AvgIpc) is 3.32. The number of likely N-dealkylation sites (tertiary alicyclic amines) is 1. The zero-order valence-electron chi connectivity index (χ0n) is 14.9. The van der Waals surface area contributed by atoms with Gasteiger partial charge in [0.25, 0.3) is 5.91 Å². The van der Waals surface area contributed by atoms with E-state index in [-0.39, 0.29) is 24.0 Å². The minimum atomic E-state index is -0.288. The largest absolute Gasteiger partial charge is 0.468 e. The third-order valence-corrected chi connectivity index (χ3v) is 5.58. The van der Waals surface area contributed by atoms with Gasteiger partial charge < -0.3 is 10.1 Å². The van der Waals surface area contributed by atoms with Crippen LogP contribution in [0.1, 0.15) is 28.1 Å². The number of amides is 1. The van der Waals surface area contributed by atoms with E-state index in [1.807, 2.05) is 35.7 Å². The number of nitrogens with zero attached hydrogens (tertiary/aromatic N) is 1. The standard InChI is InChI=1S/C20H24N2O3S/c1-25-20(24)17-13-16(21-19(23)18-10-6-12-26-18)14-22(17)11-5-9-15-7-3-2-4-8-15/h2-4,6-8,10,12,16-17H,5,9,11,13-14H2,1H3,(H,21,23)/t16-,17+/m1/s1. The Bertz CT molecular complexity index is 718. The van der Waals surface area contributed by atoms with Gasteiger partial charge in [-0.1, -0.05) is 36.4 Å². The Morgan fingerprint density at radius 2 is 2.04 bits per heavy atom. The molecule has 0 spiro atoms. The number of hydrogen-bond acceptors (Lipinski definition) is 5. The van der Waals surface area contributed by atoms with Gasteiger partial charge in [0.15, 0.2) is 0 Å². The van der Waals surface area contributed by atoms with E-state index in [0.717, 1.165) is 19.4 Å². The van der Waals surface area contributed by atoms with Gasteiger partial charge >= 0.3 is 5.97 Å². The maximum absolute atomic E-state index is 12.3. The van der Waals surface area contributed by atoms with Crippen molar-refractivity contribution in [3.05, 3.63) is 58.3 Å². The third-order valence-electron chi connectivity index (χ3n) is 4.71. The fraction of sp³-hybridized carbons (Fsp3) is 0.400. The van der Waals surface area contributed by atoms with Crippen molar-refractivity contribution in [3.63, 3.8) is 0 Å². The summed E-state index contributed by atoms with van der Waals surface area (Å²) in [6.45, 7) is 1.48. The van der Waals surface area contributed by atoms with E-state index < -0.39 is 0 Å². The summed E-state index contributed by atoms with van der Waals surface area (Å²) in [5.41, 5.74) is 1.30. The number of nitrogens with one attached hydrogen (secondary N) is 1. The minimum absolute atomic E-state index is 0.0366. The summed E-state index contributed by atoms with van der Waals surface area (Å²) >= 11 is 1.42. The van der Waals surface area contributed by atoms with Crippen LogP contribution in [0.5, 0.6) is 0 Å². The highest BCUT2D eigenvalue weighted by Crippen LogP contribution is 2.21. The summed E-state index contributed by atoms with van der Waals surface area (Å²) in [7, 11) is 1.42. The maximum atomic E-state index is 12.3. The molecule has 1 saturated heterocycles. The monoisotopic (exact) mass is 372 g/mol. The lowest BCUT2D eigenvalue weighted by atomic mass is 10.1. The smallest absolute Gasteiger partial charge is 0.323 e. The van der Waals surface area contributed by atoms with Crippen LogP contribution in [0.2, 0.25) is 0 Å². The quantitative estimate of drug-likeness (QED) is 0.760. The number of esters is 1. The number of rotatable bonds is 7. The summed E-state index contributed by atoms with van der Waals surface area (Å²) < 4.78 is 4.96. The zero-order chi connectivity index (χ0) is 18.4. The Hall–Kier alpha value is -2.18. The van der Waals surface area contributed by atoms with E-state index in [1.165, 1.54) is 24.0 Å². The van der Waals surface area contributed by atoms with Crippen LogP contribution in [0, 0.1) is 0 Å². The van der Waals surface area contributed by atoms with Crippen molar-refractivity contribution in [2.24, 2.45) is 0 Å². The molecule has 1 aliphatic rings. The van der Waals surface area contributed by atoms with Gasteiger partial charge in [-0.05, 0) is 42.8 Å². The van der Waals surface area contributed by atoms with Gasteiger partial charge in [0.2, 0.25) is 0 Å². The first-order chi connectivity index (χ1) is 12.7. The summed E-state index contributed by atoms with van der Waals surface area (Å²) in [5.74, 6) is -0.294. The fourth-order valence-corrected chi connectivity index (χ4v) is 4.06. The first-order valence-corrected chi connectivity index (χ1v) is 9.75. The summed E-state index contributed by atoms with van der Waals surface area (Å²) in [6, 6.07) is 13.7. The van der Waals surface area contributed by atoms with E-state index in [2.05, 4.69) is 22.3 Å². The molecule has 0 aliphatic carbocycles. The maximum Gasteiger partial charge on any atom is 0.323 e. The lowest BCUT2D eigenvalue weighted by Crippen LogP contribution is -2.38. The Morgan fingerprint density at radius 3 is 2.73 bits per heavy atom. The van der Waals surface area contributed by atoms with Crippen LogP contribution in [0.25, 0.3) is 0 Å². The number of carbonyl (C=O) groups is 2. The highest BCUT2D eigenvalue weighted by atomic mass is 32.1. The summed E-state index contributed by atoms with van der Waals surface area (Å²) in [5, 5.41) is 4.94. The molecular formula is C20H24N2O3S. The molecule has 26 heavy (non-hydrogen) atoms. The molecule has 1 fully saturated rings. The summed E-state index contributed by atoms with van der Waals surface area (Å²) in [4.78, 5) is 27.3. The highest BCUT2D eigenvalue weighted by molar-refractivity contribution is 7.12. The number of thiophene rings is 1. The van der Waals surface area contributed by atoms with Crippen LogP contribution in [0.3, 0.4) is 0 Å². The Morgan fingerprint density at radius 1 is 1.23 bits per heavy atom. The van der Waals surface area contributed by atoms with Crippen molar-refractivity contribution >= 4 is 23.2 Å². The fourth-order valence-electron chi connectivity index (χ4n) is 3.43. The SMILES string of the molecule is COC(=O)[C@@H]1C[C@@H](NC(=O)c2cccs2)CN1CCCc1ccccc1. The second-order valence-corrected chi connectivity index (χ2v) is 7.45. The second-order valence-electron chi connectivity index (χ2n) is 6.51. The van der Waals surface area contributed by atoms with Gasteiger partial charge in [-0.3, -0.25) is 14.5 Å². The van der Waals surface area contributed by atoms with Gasteiger partial charge in [0.1, 0.15) is 6.04 Å². The van der Waals surface area contributed by atoms with Crippen molar-refractivity contribution in [1.29, 1.82) is 0 Å². The molecule has 0 unspecified atom stereocenters. The van der Waals surface area contributed by atoms with E-state index in [0.29, 0.717) is 17.8 Å². The van der Waals surface area contributed by atoms with Crippen LogP contribution in [0.4, 0.5) is 0 Å². The van der Waals surface area contributed by atoms with Crippen molar-refractivity contribution < 1.29 is 14.3 Å². The molecule has 1 aliphatic heterocycles. The highest BCUT2D eigenvalue weighted by Gasteiger charge is 2.37. The molecule has 1 amide bonds. The number of benzene rings is 1. The number of ether oxygens (including phenoxy) is 1. The first kappa shape index (κ1) is 18.6. The lowest BCUT2D eigenvalue weighted by molar-refractivity contribution is -0.145. The third kappa shape index (κ3) is 4.71. The minimum Gasteiger partial charge on any atom is -0.468 e. The van der Waals surface area contributed by atoms with Gasteiger partial charge in [0, 0.05) is 12.6 Å². The molecule has 1 aromatic heterocycles. The van der Waals surface area contributed by atoms with Gasteiger partial charge in [-0.2, -0.15) is 0 Å². The van der Waals surface area contributed by atoms with Crippen molar-refractivity contribution in [3.8, 4) is 0 Å². The van der Waals surface area contributed by atoms with E-state index in [1.54, 1.807) is 0 Å². The molecule has 138 valence electrons. The van der Waals surface area contributed by atoms with Crippen LogP contribution in [-0.2, 0) is 16.0 Å². The Labute approximate surface area is 158 Å². The molecule has 1 aromatic carbocycles. The molecule has 2 aromatic rings. The van der Waals surface area contributed by atoms with E-state index in [4.69, 9.17) is 4.74 Å². The number of methoxy groups -OCH3 is 1. The summed E-state index contributed by atoms with van der Waals surface area (Å²) in [6.07, 6.45) is 2.52. The Balaban J connectivity index is 1.56. The molecule has 6 heteroatoms. The Kier molecular flexibility index (Phi) is 6.41. The molecular weight excluding hydrogens is 348 g/mol. The first-order valence-electron chi connectivity index (χ1n) is 8.87. The number of hydrogen-bond donors (Lipinski definition) is 1. The molecule has 0 saturated carbocycles. The van der Waals surface area contributed by atoms with Crippen molar-refractivity contribution in [2.45, 2.75) is 31.3 Å². The molecule has 2 heterocycles. The molecule has 0 bridgehead atoms. The van der Waals surface area contributed by atoms with Crippen molar-refractivity contribution in [2.75, 3.05) is 20.2 Å². The normalized spacial score (nSPS) is 20.0. The molecule has 5 nitrogen and oxygen atoms in total. The molecule has 3 rings (SSSR count). The topological polar surface area (TPSA) is 58.6 Å². The van der Waals surface area contributed by atoms with Crippen molar-refractivity contribution in [1.82, 2.24) is 10.2 Å². The van der Waals surface area contributed by atoms with Gasteiger partial charge in [-0.25, -0.2) is 0 Å². The van der Waals surface area contributed by atoms with E-state index >= 15 is 0 Å². The van der Waals surface area contributed by atoms with Crippen LogP contribution >= 0.6 is 11.3 Å². The van der Waals surface area contributed by atoms with Gasteiger partial charge in [0.05, 0.1) is 12.0 Å². The van der Waals surface area contributed by atoms with Crippen LogP contribution in [0.15, 0.2) is 47.8 Å². The van der Waals surface area contributed by atoms with Gasteiger partial charge in [-0.15, -0.1) is 11.3 Å². The average molecular weight is 372 g/mol. The second kappa shape index (κ2) is 8.96. The molecule has 2 atom stereocenters. The molecule has 0 radical (unpaired) electrons. The number of aryl methyl sites for hydroxylation is 1. The predicted molar refractivity (Wildman–Crippen MR) is 102 cm³/mol. The number of carbonyl (C=O) groups excluding carboxylic acids is 2. The van der Waals surface area contributed by atoms with E-state index in [9.17, 15) is 9.59 Å². The molecule has 1 N–H and O–H groups in total. The van der Waals surface area contributed by atoms with Crippen LogP contribution < -0.4 is 5.32 Å². The zero-order valence-corrected chi connectivity index (χ0v) is 15.7.